The summed E-state index contributed by atoms with van der Waals surface area (Å²) in [7, 11) is 0. The van der Waals surface area contributed by atoms with E-state index in [-0.39, 0.29) is 0 Å². The summed E-state index contributed by atoms with van der Waals surface area (Å²) in [5.74, 6) is 8.00. The van der Waals surface area contributed by atoms with Gasteiger partial charge in [0.1, 0.15) is 17.4 Å². The molecule has 0 radical (unpaired) electrons. The van der Waals surface area contributed by atoms with Crippen LogP contribution in [0.2, 0.25) is 0 Å². The van der Waals surface area contributed by atoms with Crippen LogP contribution in [-0.4, -0.2) is 15.0 Å². The molecule has 0 saturated heterocycles. The van der Waals surface area contributed by atoms with E-state index in [1.807, 2.05) is 24.4 Å². The van der Waals surface area contributed by atoms with Crippen molar-refractivity contribution >= 4 is 27.6 Å². The third-order valence-electron chi connectivity index (χ3n) is 2.31. The normalized spacial score (nSPS) is 10.1. The summed E-state index contributed by atoms with van der Waals surface area (Å²) < 4.78 is 0. The highest BCUT2D eigenvalue weighted by molar-refractivity contribution is 6.06. The largest absolute Gasteiger partial charge is 0.397 e. The number of H-pyrrole nitrogens is 1. The maximum atomic E-state index is 5.85. The molecular formula is C10H12N6. The van der Waals surface area contributed by atoms with Crippen molar-refractivity contribution in [3.05, 3.63) is 30.7 Å². The summed E-state index contributed by atoms with van der Waals surface area (Å²) in [6.07, 6.45) is 3.40. The first-order valence-electron chi connectivity index (χ1n) is 4.66. The van der Waals surface area contributed by atoms with Crippen molar-refractivity contribution in [3.8, 4) is 0 Å². The van der Waals surface area contributed by atoms with E-state index in [1.165, 1.54) is 6.33 Å². The maximum Gasteiger partial charge on any atom is 0.117 e. The molecule has 16 heavy (non-hydrogen) atoms. The molecule has 0 fully saturated rings. The predicted molar refractivity (Wildman–Crippen MR) is 64.2 cm³/mol. The number of pyridine rings is 1. The third kappa shape index (κ3) is 1.46. The monoisotopic (exact) mass is 216 g/mol. The Hall–Kier alpha value is -2.18. The third-order valence-corrected chi connectivity index (χ3v) is 2.31. The van der Waals surface area contributed by atoms with Crippen molar-refractivity contribution in [2.24, 2.45) is 11.7 Å². The highest BCUT2D eigenvalue weighted by Crippen LogP contribution is 2.25. The number of rotatable bonds is 0. The van der Waals surface area contributed by atoms with Gasteiger partial charge in [0.25, 0.3) is 0 Å². The highest BCUT2D eigenvalue weighted by atomic mass is 15.0. The van der Waals surface area contributed by atoms with Gasteiger partial charge in [-0.1, -0.05) is 6.07 Å². The molecule has 0 unspecified atom stereocenters. The van der Waals surface area contributed by atoms with E-state index in [4.69, 9.17) is 5.73 Å². The molecule has 6 nitrogen and oxygen atoms in total. The van der Waals surface area contributed by atoms with E-state index in [0.29, 0.717) is 5.69 Å². The number of anilines is 1. The summed E-state index contributed by atoms with van der Waals surface area (Å²) in [6.45, 7) is 0. The average Bonchev–Trinajstić information content (AvgIpc) is 2.82. The minimum absolute atomic E-state index is 0.671. The number of benzene rings is 1. The van der Waals surface area contributed by atoms with E-state index in [2.05, 4.69) is 26.6 Å². The molecule has 0 spiro atoms. The van der Waals surface area contributed by atoms with Gasteiger partial charge in [-0.2, -0.15) is 0 Å². The summed E-state index contributed by atoms with van der Waals surface area (Å²) in [5, 5.41) is 1.05. The molecule has 0 atom stereocenters. The van der Waals surface area contributed by atoms with Gasteiger partial charge in [0.2, 0.25) is 0 Å². The number of hydrogen-bond acceptors (Lipinski definition) is 5. The Morgan fingerprint density at radius 1 is 1.12 bits per heavy atom. The smallest absolute Gasteiger partial charge is 0.117 e. The van der Waals surface area contributed by atoms with Crippen LogP contribution in [0.15, 0.2) is 30.7 Å². The number of nitrogen functional groups attached to an aromatic ring is 1. The Morgan fingerprint density at radius 2 is 1.88 bits per heavy atom. The molecule has 0 saturated carbocycles. The lowest BCUT2D eigenvalue weighted by Gasteiger charge is -2.00. The molecule has 0 amide bonds. The summed E-state index contributed by atoms with van der Waals surface area (Å²) in [6, 6.07) is 5.84. The Bertz CT molecular complexity index is 615. The molecule has 0 bridgehead atoms. The van der Waals surface area contributed by atoms with Crippen molar-refractivity contribution in [1.29, 1.82) is 0 Å². The van der Waals surface area contributed by atoms with Gasteiger partial charge in [-0.3, -0.25) is 11.7 Å². The van der Waals surface area contributed by atoms with Crippen molar-refractivity contribution < 1.29 is 0 Å². The number of hydrazine groups is 1. The molecule has 0 aliphatic heterocycles. The van der Waals surface area contributed by atoms with Crippen molar-refractivity contribution in [2.45, 2.75) is 0 Å². The van der Waals surface area contributed by atoms with Gasteiger partial charge in [-0.05, 0) is 12.1 Å². The van der Waals surface area contributed by atoms with Crippen LogP contribution in [0.4, 0.5) is 5.69 Å². The van der Waals surface area contributed by atoms with Crippen LogP contribution in [0.1, 0.15) is 0 Å². The molecule has 2 aromatic heterocycles. The minimum Gasteiger partial charge on any atom is -0.397 e. The van der Waals surface area contributed by atoms with Gasteiger partial charge in [-0.25, -0.2) is 9.97 Å². The minimum atomic E-state index is 0.671. The van der Waals surface area contributed by atoms with Gasteiger partial charge in [0, 0.05) is 11.6 Å². The number of hydrogen-bond donors (Lipinski definition) is 4. The van der Waals surface area contributed by atoms with E-state index in [0.717, 1.165) is 21.9 Å². The molecule has 0 aliphatic carbocycles. The van der Waals surface area contributed by atoms with E-state index >= 15 is 0 Å². The fourth-order valence-corrected chi connectivity index (χ4v) is 1.67. The predicted octanol–water partition coefficient (Wildman–Crippen LogP) is 0.512. The molecular weight excluding hydrogens is 204 g/mol. The van der Waals surface area contributed by atoms with Crippen molar-refractivity contribution in [3.63, 3.8) is 0 Å². The van der Waals surface area contributed by atoms with Gasteiger partial charge >= 0.3 is 0 Å². The Kier molecular flexibility index (Phi) is 2.67. The second kappa shape index (κ2) is 4.13. The fourth-order valence-electron chi connectivity index (χ4n) is 1.67. The molecule has 1 aromatic carbocycles. The van der Waals surface area contributed by atoms with Crippen molar-refractivity contribution in [1.82, 2.24) is 15.0 Å². The first kappa shape index (κ1) is 10.3. The number of aromatic nitrogens is 3. The zero-order valence-corrected chi connectivity index (χ0v) is 8.51. The van der Waals surface area contributed by atoms with Crippen LogP contribution in [-0.2, 0) is 0 Å². The quantitative estimate of drug-likeness (QED) is 0.248. The number of nitrogens with two attached hydrogens (primary N) is 3. The first-order chi connectivity index (χ1) is 7.86. The number of aromatic amines is 1. The van der Waals surface area contributed by atoms with Crippen LogP contribution in [0.5, 0.6) is 0 Å². The zero-order chi connectivity index (χ0) is 11.5. The first-order valence-corrected chi connectivity index (χ1v) is 4.66. The lowest BCUT2D eigenvalue weighted by molar-refractivity contribution is 1.26. The van der Waals surface area contributed by atoms with Crippen LogP contribution in [0.3, 0.4) is 0 Å². The molecule has 82 valence electrons. The van der Waals surface area contributed by atoms with Crippen LogP contribution in [0.25, 0.3) is 21.9 Å². The fraction of sp³-hybridized carbons (Fsp3) is 0. The lowest BCUT2D eigenvalue weighted by Crippen LogP contribution is -2.02. The molecule has 0 aliphatic rings. The van der Waals surface area contributed by atoms with E-state index in [1.54, 1.807) is 0 Å². The van der Waals surface area contributed by atoms with Crippen molar-refractivity contribution in [2.75, 3.05) is 5.73 Å². The van der Waals surface area contributed by atoms with E-state index < -0.39 is 0 Å². The Labute approximate surface area is 91.4 Å². The lowest BCUT2D eigenvalue weighted by atomic mass is 10.1. The average molecular weight is 216 g/mol. The second-order valence-electron chi connectivity index (χ2n) is 3.17. The second-order valence-corrected chi connectivity index (χ2v) is 3.17. The topological polar surface area (TPSA) is 120 Å². The number of fused-ring (bicyclic) bond motifs is 3. The van der Waals surface area contributed by atoms with Crippen LogP contribution in [0, 0.1) is 0 Å². The van der Waals surface area contributed by atoms with Gasteiger partial charge in [-0.15, -0.1) is 0 Å². The zero-order valence-electron chi connectivity index (χ0n) is 8.51. The Balaban J connectivity index is 0.000000457. The SMILES string of the molecule is NN.Nc1cc2ccc[nH]c2c2ncnc12. The molecule has 3 rings (SSSR count). The summed E-state index contributed by atoms with van der Waals surface area (Å²) >= 11 is 0. The number of nitrogens with zero attached hydrogens (tertiary/aromatic N) is 2. The standard InChI is InChI=1S/C10H8N4.H4N2/c11-7-4-6-2-1-3-12-8(6)10-9(7)13-5-14-10;1-2/h1-5,12H,11H2;1-2H2. The molecule has 2 heterocycles. The number of nitrogens with one attached hydrogen (secondary N) is 1. The Morgan fingerprint density at radius 3 is 2.69 bits per heavy atom. The number of imidazole rings is 1. The molecule has 3 aromatic rings. The van der Waals surface area contributed by atoms with Gasteiger partial charge < -0.3 is 10.7 Å². The highest BCUT2D eigenvalue weighted by Gasteiger charge is 2.06. The summed E-state index contributed by atoms with van der Waals surface area (Å²) in [4.78, 5) is 11.4. The maximum absolute atomic E-state index is 5.85. The van der Waals surface area contributed by atoms with Crippen LogP contribution >= 0.6 is 0 Å². The van der Waals surface area contributed by atoms with Gasteiger partial charge in [0.05, 0.1) is 11.2 Å². The summed E-state index contributed by atoms with van der Waals surface area (Å²) in [5.41, 5.74) is 9.10. The molecule has 6 heteroatoms. The molecule has 7 N–H and O–H groups in total. The van der Waals surface area contributed by atoms with Gasteiger partial charge in [0.15, 0.2) is 0 Å². The van der Waals surface area contributed by atoms with Crippen LogP contribution < -0.4 is 17.4 Å². The van der Waals surface area contributed by atoms with E-state index in [9.17, 15) is 0 Å².